The topological polar surface area (TPSA) is 6.25 Å². The van der Waals surface area contributed by atoms with Gasteiger partial charge in [0.1, 0.15) is 7.05 Å². The minimum absolute atomic E-state index is 0.0220. The zero-order chi connectivity index (χ0) is 23.1. The van der Waals surface area contributed by atoms with Crippen molar-refractivity contribution in [2.75, 3.05) is 19.0 Å². The molecule has 166 valence electrons. The third-order valence-electron chi connectivity index (χ3n) is 7.61. The number of para-hydroxylation sites is 2. The summed E-state index contributed by atoms with van der Waals surface area (Å²) in [6.07, 6.45) is 12.3. The molecule has 2 nitrogen and oxygen atoms in total. The van der Waals surface area contributed by atoms with Crippen LogP contribution in [0.15, 0.2) is 84.5 Å². The van der Waals surface area contributed by atoms with E-state index < -0.39 is 0 Å². The normalized spacial score (nSPS) is 21.7. The van der Waals surface area contributed by atoms with Crippen molar-refractivity contribution in [3.63, 3.8) is 0 Å². The molecule has 2 aromatic rings. The number of fused-ring (bicyclic) bond motifs is 2. The van der Waals surface area contributed by atoms with Crippen molar-refractivity contribution in [3.05, 3.63) is 95.6 Å². The molecule has 2 aliphatic rings. The quantitative estimate of drug-likeness (QED) is 0.371. The molecule has 32 heavy (non-hydrogen) atoms. The molecule has 1 atom stereocenters. The Balaban J connectivity index is 1.44. The molecule has 2 aliphatic heterocycles. The average Bonchev–Trinajstić information content (AvgIpc) is 3.09. The maximum atomic E-state index is 2.45. The van der Waals surface area contributed by atoms with Crippen LogP contribution in [-0.4, -0.2) is 30.4 Å². The number of likely N-dealkylation sites (N-methyl/N-ethyl adjacent to an activating group) is 1. The molecule has 0 aromatic heterocycles. The van der Waals surface area contributed by atoms with E-state index in [1.165, 1.54) is 33.8 Å². The fourth-order valence-electron chi connectivity index (χ4n) is 5.63. The first-order valence-electron chi connectivity index (χ1n) is 11.7. The molecule has 1 unspecified atom stereocenters. The van der Waals surface area contributed by atoms with Crippen LogP contribution in [-0.2, 0) is 10.8 Å². The number of rotatable bonds is 5. The van der Waals surface area contributed by atoms with E-state index in [2.05, 4.69) is 137 Å². The van der Waals surface area contributed by atoms with Crippen LogP contribution in [0.1, 0.15) is 52.2 Å². The highest BCUT2D eigenvalue weighted by molar-refractivity contribution is 6.03. The van der Waals surface area contributed by atoms with Crippen molar-refractivity contribution in [3.8, 4) is 0 Å². The van der Waals surface area contributed by atoms with Crippen molar-refractivity contribution < 1.29 is 4.58 Å². The van der Waals surface area contributed by atoms with Crippen LogP contribution >= 0.6 is 0 Å². The Bertz CT molecular complexity index is 1140. The number of anilines is 1. The molecule has 0 bridgehead atoms. The average molecular weight is 426 g/mol. The molecule has 0 N–H and O–H groups in total. The molecule has 0 fully saturated rings. The van der Waals surface area contributed by atoms with Crippen molar-refractivity contribution in [1.82, 2.24) is 0 Å². The summed E-state index contributed by atoms with van der Waals surface area (Å²) in [5, 5.41) is 0. The number of allylic oxidation sites excluding steroid dienone is 5. The Labute approximate surface area is 194 Å². The van der Waals surface area contributed by atoms with Crippen molar-refractivity contribution in [2.24, 2.45) is 0 Å². The van der Waals surface area contributed by atoms with E-state index >= 15 is 0 Å². The summed E-state index contributed by atoms with van der Waals surface area (Å²) in [5.74, 6) is 0. The first-order valence-corrected chi connectivity index (χ1v) is 11.7. The summed E-state index contributed by atoms with van der Waals surface area (Å²) in [4.78, 5) is 2.45. The Morgan fingerprint density at radius 2 is 1.62 bits per heavy atom. The number of hydrogen-bond acceptors (Lipinski definition) is 1. The lowest BCUT2D eigenvalue weighted by molar-refractivity contribution is -0.401. The van der Waals surface area contributed by atoms with Crippen LogP contribution in [0.5, 0.6) is 0 Å². The van der Waals surface area contributed by atoms with Crippen LogP contribution in [0.2, 0.25) is 0 Å². The van der Waals surface area contributed by atoms with Crippen LogP contribution in [0.3, 0.4) is 0 Å². The molecule has 2 heteroatoms. The highest BCUT2D eigenvalue weighted by atomic mass is 15.2. The second kappa shape index (κ2) is 8.24. The van der Waals surface area contributed by atoms with E-state index in [0.717, 1.165) is 6.42 Å². The molecule has 0 radical (unpaired) electrons. The summed E-state index contributed by atoms with van der Waals surface area (Å²) in [6, 6.07) is 18.0. The molecule has 0 saturated carbocycles. The smallest absolute Gasteiger partial charge is 0.209 e. The van der Waals surface area contributed by atoms with Gasteiger partial charge in [-0.2, -0.15) is 4.58 Å². The summed E-state index contributed by atoms with van der Waals surface area (Å²) in [6.45, 7) is 11.6. The van der Waals surface area contributed by atoms with E-state index in [-0.39, 0.29) is 10.8 Å². The van der Waals surface area contributed by atoms with E-state index in [1.807, 2.05) is 0 Å². The first-order chi connectivity index (χ1) is 15.2. The van der Waals surface area contributed by atoms with E-state index in [1.54, 1.807) is 0 Å². The molecule has 2 aromatic carbocycles. The SMILES string of the molecule is CC(C=CC=CC1=[N+](C)c2ccccc2C1(C)C)=CCC1N(C)c2ccccc2C1(C)C. The minimum Gasteiger partial charge on any atom is -0.370 e. The molecule has 4 rings (SSSR count). The predicted molar refractivity (Wildman–Crippen MR) is 139 cm³/mol. The van der Waals surface area contributed by atoms with Crippen molar-refractivity contribution in [1.29, 1.82) is 0 Å². The Hall–Kier alpha value is -2.87. The van der Waals surface area contributed by atoms with Gasteiger partial charge in [0.15, 0.2) is 5.71 Å². The lowest BCUT2D eigenvalue weighted by Crippen LogP contribution is -2.38. The zero-order valence-electron chi connectivity index (χ0n) is 20.7. The summed E-state index contributed by atoms with van der Waals surface area (Å²) >= 11 is 0. The highest BCUT2D eigenvalue weighted by Gasteiger charge is 2.43. The Kier molecular flexibility index (Phi) is 5.75. The first kappa shape index (κ1) is 22.3. The summed E-state index contributed by atoms with van der Waals surface area (Å²) in [5.41, 5.74) is 8.34. The highest BCUT2D eigenvalue weighted by Crippen LogP contribution is 2.45. The van der Waals surface area contributed by atoms with Gasteiger partial charge >= 0.3 is 0 Å². The van der Waals surface area contributed by atoms with Crippen LogP contribution in [0.4, 0.5) is 11.4 Å². The number of nitrogens with zero attached hydrogens (tertiary/aromatic N) is 2. The Morgan fingerprint density at radius 1 is 0.969 bits per heavy atom. The van der Waals surface area contributed by atoms with Gasteiger partial charge in [-0.1, -0.05) is 80.1 Å². The molecule has 2 heterocycles. The van der Waals surface area contributed by atoms with E-state index in [9.17, 15) is 0 Å². The second-order valence-corrected chi connectivity index (χ2v) is 10.4. The van der Waals surface area contributed by atoms with Gasteiger partial charge in [-0.25, -0.2) is 0 Å². The predicted octanol–water partition coefficient (Wildman–Crippen LogP) is 6.94. The molecular weight excluding hydrogens is 388 g/mol. The van der Waals surface area contributed by atoms with Gasteiger partial charge in [0, 0.05) is 41.9 Å². The fraction of sp³-hybridized carbons (Fsp3) is 0.367. The van der Waals surface area contributed by atoms with Crippen molar-refractivity contribution >= 4 is 17.1 Å². The molecule has 0 saturated heterocycles. The maximum Gasteiger partial charge on any atom is 0.209 e. The number of hydrogen-bond donors (Lipinski definition) is 0. The molecule has 0 amide bonds. The second-order valence-electron chi connectivity index (χ2n) is 10.4. The lowest BCUT2D eigenvalue weighted by atomic mass is 9.79. The molecule has 0 spiro atoms. The van der Waals surface area contributed by atoms with Gasteiger partial charge in [-0.05, 0) is 38.8 Å². The largest absolute Gasteiger partial charge is 0.370 e. The van der Waals surface area contributed by atoms with Crippen LogP contribution < -0.4 is 4.90 Å². The van der Waals surface area contributed by atoms with Gasteiger partial charge in [-0.3, -0.25) is 0 Å². The summed E-state index contributed by atoms with van der Waals surface area (Å²) < 4.78 is 2.32. The van der Waals surface area contributed by atoms with Gasteiger partial charge < -0.3 is 4.90 Å². The fourth-order valence-corrected chi connectivity index (χ4v) is 5.63. The summed E-state index contributed by atoms with van der Waals surface area (Å²) in [7, 11) is 4.40. The zero-order valence-corrected chi connectivity index (χ0v) is 20.7. The van der Waals surface area contributed by atoms with E-state index in [4.69, 9.17) is 0 Å². The molecule has 0 aliphatic carbocycles. The third-order valence-corrected chi connectivity index (χ3v) is 7.61. The molecular formula is C30H37N2+. The van der Waals surface area contributed by atoms with Gasteiger partial charge in [0.05, 0.1) is 5.41 Å². The van der Waals surface area contributed by atoms with Crippen LogP contribution in [0, 0.1) is 0 Å². The van der Waals surface area contributed by atoms with Gasteiger partial charge in [-0.15, -0.1) is 0 Å². The Morgan fingerprint density at radius 3 is 2.31 bits per heavy atom. The number of benzene rings is 2. The minimum atomic E-state index is 0.0220. The standard InChI is InChI=1S/C30H37N2/c1-22(20-21-28-30(4,5)24-16-10-12-18-26(24)32(28)7)14-8-13-19-27-29(2,3)23-15-9-11-17-25(23)31(27)6/h8-20,28H,21H2,1-7H3/q+1. The van der Waals surface area contributed by atoms with Crippen LogP contribution in [0.25, 0.3) is 0 Å². The van der Waals surface area contributed by atoms with Gasteiger partial charge in [0.25, 0.3) is 0 Å². The lowest BCUT2D eigenvalue weighted by Gasteiger charge is -2.31. The third kappa shape index (κ3) is 3.66. The van der Waals surface area contributed by atoms with Gasteiger partial charge in [0.2, 0.25) is 5.69 Å². The van der Waals surface area contributed by atoms with Crippen molar-refractivity contribution in [2.45, 2.75) is 57.9 Å². The van der Waals surface area contributed by atoms with E-state index in [0.29, 0.717) is 6.04 Å². The monoisotopic (exact) mass is 425 g/mol. The maximum absolute atomic E-state index is 2.45.